The molecule has 0 spiro atoms. The van der Waals surface area contributed by atoms with E-state index in [1.807, 2.05) is 12.1 Å². The van der Waals surface area contributed by atoms with Gasteiger partial charge in [-0.3, -0.25) is 9.52 Å². The second-order valence-corrected chi connectivity index (χ2v) is 8.55. The van der Waals surface area contributed by atoms with E-state index in [2.05, 4.69) is 27.1 Å². The standard InChI is InChI=1S/C20H25N3O4S/c1-15-18(4-3-5-19(15)22-28(2,25)26)20(24)21-14-16-6-8-17(9-7-16)23-10-12-27-13-11-23/h3-9,22H,10-14H2,1-2H3,(H,21,24). The second-order valence-electron chi connectivity index (χ2n) is 6.80. The van der Waals surface area contributed by atoms with Crippen LogP contribution >= 0.6 is 0 Å². The average Bonchev–Trinajstić information content (AvgIpc) is 2.68. The van der Waals surface area contributed by atoms with Crippen molar-refractivity contribution in [2.45, 2.75) is 13.5 Å². The average molecular weight is 404 g/mol. The minimum absolute atomic E-state index is 0.244. The smallest absolute Gasteiger partial charge is 0.251 e. The highest BCUT2D eigenvalue weighted by atomic mass is 32.2. The summed E-state index contributed by atoms with van der Waals surface area (Å²) in [7, 11) is -3.40. The summed E-state index contributed by atoms with van der Waals surface area (Å²) in [6, 6.07) is 13.1. The summed E-state index contributed by atoms with van der Waals surface area (Å²) in [5.74, 6) is -0.244. The van der Waals surface area contributed by atoms with Gasteiger partial charge in [-0.05, 0) is 42.3 Å². The van der Waals surface area contributed by atoms with Crippen LogP contribution in [0.4, 0.5) is 11.4 Å². The Morgan fingerprint density at radius 3 is 2.43 bits per heavy atom. The molecular weight excluding hydrogens is 378 g/mol. The fraction of sp³-hybridized carbons (Fsp3) is 0.350. The van der Waals surface area contributed by atoms with Crippen LogP contribution in [0.25, 0.3) is 0 Å². The Kier molecular flexibility index (Phi) is 6.21. The fourth-order valence-corrected chi connectivity index (χ4v) is 3.74. The molecule has 0 saturated carbocycles. The Hall–Kier alpha value is -2.58. The van der Waals surface area contributed by atoms with Crippen molar-refractivity contribution in [3.63, 3.8) is 0 Å². The molecule has 1 aliphatic rings. The SMILES string of the molecule is Cc1c(NS(C)(=O)=O)cccc1C(=O)NCc1ccc(N2CCOCC2)cc1. The number of carbonyl (C=O) groups excluding carboxylic acids is 1. The summed E-state index contributed by atoms with van der Waals surface area (Å²) in [5.41, 5.74) is 3.58. The zero-order valence-corrected chi connectivity index (χ0v) is 16.9. The van der Waals surface area contributed by atoms with Crippen LogP contribution in [0.5, 0.6) is 0 Å². The first kappa shape index (κ1) is 20.2. The van der Waals surface area contributed by atoms with E-state index in [1.54, 1.807) is 25.1 Å². The Labute approximate surface area is 165 Å². The van der Waals surface area contributed by atoms with Crippen LogP contribution in [-0.2, 0) is 21.3 Å². The molecule has 3 rings (SSSR count). The van der Waals surface area contributed by atoms with E-state index in [1.165, 1.54) is 0 Å². The molecule has 7 nitrogen and oxygen atoms in total. The third-order valence-electron chi connectivity index (χ3n) is 4.64. The van der Waals surface area contributed by atoms with E-state index >= 15 is 0 Å². The monoisotopic (exact) mass is 403 g/mol. The molecule has 1 heterocycles. The number of carbonyl (C=O) groups is 1. The molecule has 0 aliphatic carbocycles. The lowest BCUT2D eigenvalue weighted by molar-refractivity contribution is 0.0950. The van der Waals surface area contributed by atoms with Crippen LogP contribution < -0.4 is 14.9 Å². The molecular formula is C20H25N3O4S. The van der Waals surface area contributed by atoms with Gasteiger partial charge in [0.1, 0.15) is 0 Å². The van der Waals surface area contributed by atoms with Crippen molar-refractivity contribution in [1.29, 1.82) is 0 Å². The number of rotatable bonds is 6. The topological polar surface area (TPSA) is 87.7 Å². The summed E-state index contributed by atoms with van der Waals surface area (Å²) in [4.78, 5) is 14.8. The molecule has 2 N–H and O–H groups in total. The molecule has 0 atom stereocenters. The summed E-state index contributed by atoms with van der Waals surface area (Å²) in [6.45, 7) is 5.36. The van der Waals surface area contributed by atoms with Gasteiger partial charge in [-0.15, -0.1) is 0 Å². The number of nitrogens with zero attached hydrogens (tertiary/aromatic N) is 1. The maximum Gasteiger partial charge on any atom is 0.251 e. The summed E-state index contributed by atoms with van der Waals surface area (Å²) < 4.78 is 30.7. The predicted octanol–water partition coefficient (Wildman–Crippen LogP) is 2.13. The van der Waals surface area contributed by atoms with Gasteiger partial charge in [0.2, 0.25) is 10.0 Å². The quantitative estimate of drug-likeness (QED) is 0.772. The lowest BCUT2D eigenvalue weighted by Crippen LogP contribution is -2.36. The molecule has 0 bridgehead atoms. The number of amides is 1. The van der Waals surface area contributed by atoms with E-state index in [-0.39, 0.29) is 5.91 Å². The van der Waals surface area contributed by atoms with Crippen LogP contribution in [0.1, 0.15) is 21.5 Å². The summed E-state index contributed by atoms with van der Waals surface area (Å²) in [6.07, 6.45) is 1.08. The van der Waals surface area contributed by atoms with E-state index in [4.69, 9.17) is 4.74 Å². The van der Waals surface area contributed by atoms with Gasteiger partial charge in [-0.2, -0.15) is 0 Å². The minimum atomic E-state index is -3.40. The number of ether oxygens (including phenoxy) is 1. The number of benzene rings is 2. The highest BCUT2D eigenvalue weighted by molar-refractivity contribution is 7.92. The first-order valence-corrected chi connectivity index (χ1v) is 11.0. The molecule has 2 aromatic rings. The Balaban J connectivity index is 1.63. The molecule has 1 fully saturated rings. The highest BCUT2D eigenvalue weighted by Gasteiger charge is 2.14. The van der Waals surface area contributed by atoms with E-state index < -0.39 is 10.0 Å². The zero-order chi connectivity index (χ0) is 20.1. The van der Waals surface area contributed by atoms with Gasteiger partial charge in [0.05, 0.1) is 25.2 Å². The number of hydrogen-bond acceptors (Lipinski definition) is 5. The largest absolute Gasteiger partial charge is 0.378 e. The van der Waals surface area contributed by atoms with Crippen LogP contribution in [-0.4, -0.2) is 46.9 Å². The molecule has 0 unspecified atom stereocenters. The normalized spacial score (nSPS) is 14.6. The van der Waals surface area contributed by atoms with E-state index in [9.17, 15) is 13.2 Å². The maximum atomic E-state index is 12.6. The van der Waals surface area contributed by atoms with Crippen molar-refractivity contribution in [2.24, 2.45) is 0 Å². The van der Waals surface area contributed by atoms with Crippen LogP contribution in [0.15, 0.2) is 42.5 Å². The van der Waals surface area contributed by atoms with Crippen LogP contribution in [0.3, 0.4) is 0 Å². The van der Waals surface area contributed by atoms with Crippen molar-refractivity contribution in [2.75, 3.05) is 42.2 Å². The lowest BCUT2D eigenvalue weighted by atomic mass is 10.1. The van der Waals surface area contributed by atoms with Gasteiger partial charge in [0.15, 0.2) is 0 Å². The van der Waals surface area contributed by atoms with Crippen molar-refractivity contribution in [3.05, 3.63) is 59.2 Å². The van der Waals surface area contributed by atoms with Crippen LogP contribution in [0.2, 0.25) is 0 Å². The van der Waals surface area contributed by atoms with E-state index in [0.29, 0.717) is 23.4 Å². The second kappa shape index (κ2) is 8.62. The maximum absolute atomic E-state index is 12.6. The number of nitrogens with one attached hydrogen (secondary N) is 2. The Morgan fingerprint density at radius 1 is 1.11 bits per heavy atom. The van der Waals surface area contributed by atoms with Crippen LogP contribution in [0, 0.1) is 6.92 Å². The molecule has 1 amide bonds. The summed E-state index contributed by atoms with van der Waals surface area (Å²) >= 11 is 0. The first-order chi connectivity index (χ1) is 13.3. The highest BCUT2D eigenvalue weighted by Crippen LogP contribution is 2.20. The molecule has 150 valence electrons. The van der Waals surface area contributed by atoms with E-state index in [0.717, 1.165) is 43.8 Å². The Bertz CT molecular complexity index is 936. The summed E-state index contributed by atoms with van der Waals surface area (Å²) in [5, 5.41) is 2.90. The molecule has 28 heavy (non-hydrogen) atoms. The third kappa shape index (κ3) is 5.24. The zero-order valence-electron chi connectivity index (χ0n) is 16.1. The molecule has 1 aliphatic heterocycles. The predicted molar refractivity (Wildman–Crippen MR) is 110 cm³/mol. The third-order valence-corrected chi connectivity index (χ3v) is 5.23. The lowest BCUT2D eigenvalue weighted by Gasteiger charge is -2.28. The van der Waals surface area contributed by atoms with Gasteiger partial charge in [0.25, 0.3) is 5.91 Å². The van der Waals surface area contributed by atoms with Crippen molar-refractivity contribution >= 4 is 27.3 Å². The molecule has 0 radical (unpaired) electrons. The molecule has 2 aromatic carbocycles. The van der Waals surface area contributed by atoms with Crippen molar-refractivity contribution in [1.82, 2.24) is 5.32 Å². The van der Waals surface area contributed by atoms with Gasteiger partial charge in [-0.25, -0.2) is 8.42 Å². The number of sulfonamides is 1. The Morgan fingerprint density at radius 2 is 1.79 bits per heavy atom. The number of anilines is 2. The first-order valence-electron chi connectivity index (χ1n) is 9.11. The number of hydrogen-bond donors (Lipinski definition) is 2. The van der Waals surface area contributed by atoms with Crippen molar-refractivity contribution in [3.8, 4) is 0 Å². The number of morpholine rings is 1. The minimum Gasteiger partial charge on any atom is -0.378 e. The molecule has 8 heteroatoms. The molecule has 1 saturated heterocycles. The van der Waals surface area contributed by atoms with Gasteiger partial charge < -0.3 is 15.0 Å². The van der Waals surface area contributed by atoms with Gasteiger partial charge in [-0.1, -0.05) is 18.2 Å². The fourth-order valence-electron chi connectivity index (χ4n) is 3.12. The van der Waals surface area contributed by atoms with Gasteiger partial charge >= 0.3 is 0 Å². The van der Waals surface area contributed by atoms with Gasteiger partial charge in [0, 0.05) is 30.9 Å². The molecule has 0 aromatic heterocycles. The van der Waals surface area contributed by atoms with Crippen molar-refractivity contribution < 1.29 is 17.9 Å².